The molecule has 140 valence electrons. The van der Waals surface area contributed by atoms with Crippen LogP contribution >= 0.6 is 0 Å². The monoisotopic (exact) mass is 363 g/mol. The number of ether oxygens (including phenoxy) is 1. The summed E-state index contributed by atoms with van der Waals surface area (Å²) in [7, 11) is 0. The molecule has 0 radical (unpaired) electrons. The summed E-state index contributed by atoms with van der Waals surface area (Å²) in [6, 6.07) is 12.6. The number of H-pyrrole nitrogens is 1. The summed E-state index contributed by atoms with van der Waals surface area (Å²) in [6.45, 7) is 4.61. The number of hydrogen-bond acceptors (Lipinski definition) is 5. The van der Waals surface area contributed by atoms with Gasteiger partial charge in [-0.3, -0.25) is 10.1 Å². The van der Waals surface area contributed by atoms with Crippen molar-refractivity contribution in [3.63, 3.8) is 0 Å². The van der Waals surface area contributed by atoms with Gasteiger partial charge in [-0.05, 0) is 42.5 Å². The first-order valence-electron chi connectivity index (χ1n) is 9.41. The van der Waals surface area contributed by atoms with Gasteiger partial charge < -0.3 is 10.1 Å². The Balaban J connectivity index is 1.64. The van der Waals surface area contributed by atoms with E-state index in [1.807, 2.05) is 12.3 Å². The van der Waals surface area contributed by atoms with Crippen LogP contribution in [0.5, 0.6) is 0 Å². The fraction of sp³-hybridized carbons (Fsp3) is 0.381. The third-order valence-electron chi connectivity index (χ3n) is 5.54. The fourth-order valence-corrected chi connectivity index (χ4v) is 4.04. The van der Waals surface area contributed by atoms with Gasteiger partial charge in [-0.1, -0.05) is 30.3 Å². The molecule has 0 spiro atoms. The van der Waals surface area contributed by atoms with Gasteiger partial charge in [0.25, 0.3) is 0 Å². The van der Waals surface area contributed by atoms with E-state index in [4.69, 9.17) is 4.74 Å². The molecule has 1 atom stereocenters. The third-order valence-corrected chi connectivity index (χ3v) is 5.54. The Kier molecular flexibility index (Phi) is 5.27. The van der Waals surface area contributed by atoms with Crippen LogP contribution in [0.1, 0.15) is 41.4 Å². The zero-order valence-corrected chi connectivity index (χ0v) is 15.6. The van der Waals surface area contributed by atoms with Gasteiger partial charge in [0.05, 0.1) is 6.04 Å². The second kappa shape index (κ2) is 7.98. The molecule has 2 N–H and O–H groups in total. The molecule has 0 aliphatic carbocycles. The number of aromatic nitrogens is 4. The SMILES string of the molecule is Cc1ccccc1C1(CNC(c2cccnc2)c2ncn[nH]2)CCOCC1. The molecule has 6 heteroatoms. The van der Waals surface area contributed by atoms with Crippen molar-refractivity contribution in [2.45, 2.75) is 31.2 Å². The number of pyridine rings is 1. The summed E-state index contributed by atoms with van der Waals surface area (Å²) in [5, 5.41) is 10.8. The number of benzene rings is 1. The van der Waals surface area contributed by atoms with E-state index >= 15 is 0 Å². The molecule has 1 aliphatic heterocycles. The number of aromatic amines is 1. The van der Waals surface area contributed by atoms with Crippen LogP contribution in [0.15, 0.2) is 55.1 Å². The third kappa shape index (κ3) is 3.77. The van der Waals surface area contributed by atoms with Crippen LogP contribution in [0.4, 0.5) is 0 Å². The minimum Gasteiger partial charge on any atom is -0.381 e. The van der Waals surface area contributed by atoms with E-state index < -0.39 is 0 Å². The molecule has 1 fully saturated rings. The molecule has 0 saturated carbocycles. The molecule has 6 nitrogen and oxygen atoms in total. The lowest BCUT2D eigenvalue weighted by molar-refractivity contribution is 0.0489. The van der Waals surface area contributed by atoms with Crippen LogP contribution in [0.2, 0.25) is 0 Å². The molecule has 27 heavy (non-hydrogen) atoms. The van der Waals surface area contributed by atoms with Crippen molar-refractivity contribution in [2.75, 3.05) is 19.8 Å². The van der Waals surface area contributed by atoms with E-state index in [1.165, 1.54) is 11.1 Å². The van der Waals surface area contributed by atoms with Gasteiger partial charge in [0.15, 0.2) is 0 Å². The Morgan fingerprint density at radius 2 is 2.04 bits per heavy atom. The number of rotatable bonds is 6. The highest BCUT2D eigenvalue weighted by Gasteiger charge is 2.36. The lowest BCUT2D eigenvalue weighted by Crippen LogP contribution is -2.44. The summed E-state index contributed by atoms with van der Waals surface area (Å²) >= 11 is 0. The normalized spacial score (nSPS) is 17.5. The summed E-state index contributed by atoms with van der Waals surface area (Å²) in [5.41, 5.74) is 3.85. The molecule has 3 aromatic rings. The van der Waals surface area contributed by atoms with Crippen molar-refractivity contribution in [3.8, 4) is 0 Å². The van der Waals surface area contributed by atoms with Gasteiger partial charge in [-0.2, -0.15) is 5.10 Å². The molecule has 1 aliphatic rings. The van der Waals surface area contributed by atoms with Crippen LogP contribution in [0.3, 0.4) is 0 Å². The predicted molar refractivity (Wildman–Crippen MR) is 103 cm³/mol. The molecule has 1 saturated heterocycles. The fourth-order valence-electron chi connectivity index (χ4n) is 4.04. The average Bonchev–Trinajstić information content (AvgIpc) is 3.24. The van der Waals surface area contributed by atoms with Crippen LogP contribution in [0, 0.1) is 6.92 Å². The highest BCUT2D eigenvalue weighted by atomic mass is 16.5. The van der Waals surface area contributed by atoms with E-state index in [1.54, 1.807) is 12.5 Å². The standard InChI is InChI=1S/C21H25N5O/c1-16-5-2-3-7-18(16)21(8-11-27-12-9-21)14-23-19(20-24-15-25-26-20)17-6-4-10-22-13-17/h2-7,10,13,15,19,23H,8-9,11-12,14H2,1H3,(H,24,25,26). The molecule has 0 bridgehead atoms. The van der Waals surface area contributed by atoms with Crippen molar-refractivity contribution in [1.82, 2.24) is 25.5 Å². The molecular formula is C21H25N5O. The topological polar surface area (TPSA) is 75.7 Å². The average molecular weight is 363 g/mol. The first-order valence-corrected chi connectivity index (χ1v) is 9.41. The quantitative estimate of drug-likeness (QED) is 0.704. The van der Waals surface area contributed by atoms with E-state index in [-0.39, 0.29) is 11.5 Å². The first-order chi connectivity index (χ1) is 13.3. The molecule has 0 amide bonds. The minimum atomic E-state index is -0.0788. The molecule has 1 aromatic carbocycles. The lowest BCUT2D eigenvalue weighted by atomic mass is 9.72. The van der Waals surface area contributed by atoms with Crippen molar-refractivity contribution < 1.29 is 4.74 Å². The van der Waals surface area contributed by atoms with Gasteiger partial charge in [0, 0.05) is 37.6 Å². The van der Waals surface area contributed by atoms with Crippen LogP contribution in [0.25, 0.3) is 0 Å². The number of nitrogens with one attached hydrogen (secondary N) is 2. The van der Waals surface area contributed by atoms with Crippen molar-refractivity contribution in [2.24, 2.45) is 0 Å². The van der Waals surface area contributed by atoms with Crippen molar-refractivity contribution >= 4 is 0 Å². The Morgan fingerprint density at radius 3 is 2.74 bits per heavy atom. The number of aryl methyl sites for hydroxylation is 1. The maximum atomic E-state index is 5.68. The predicted octanol–water partition coefficient (Wildman–Crippen LogP) is 2.94. The van der Waals surface area contributed by atoms with Gasteiger partial charge in [-0.15, -0.1) is 0 Å². The van der Waals surface area contributed by atoms with Gasteiger partial charge >= 0.3 is 0 Å². The summed E-state index contributed by atoms with van der Waals surface area (Å²) in [4.78, 5) is 8.67. The van der Waals surface area contributed by atoms with Gasteiger partial charge in [0.1, 0.15) is 12.2 Å². The highest BCUT2D eigenvalue weighted by molar-refractivity contribution is 5.35. The highest BCUT2D eigenvalue weighted by Crippen LogP contribution is 2.37. The Hall–Kier alpha value is -2.57. The minimum absolute atomic E-state index is 0.0457. The maximum Gasteiger partial charge on any atom is 0.146 e. The van der Waals surface area contributed by atoms with E-state index in [0.717, 1.165) is 44.0 Å². The summed E-state index contributed by atoms with van der Waals surface area (Å²) < 4.78 is 5.68. The van der Waals surface area contributed by atoms with Crippen molar-refractivity contribution in [1.29, 1.82) is 0 Å². The molecule has 2 aromatic heterocycles. The Bertz CT molecular complexity index is 844. The van der Waals surface area contributed by atoms with E-state index in [0.29, 0.717) is 0 Å². The van der Waals surface area contributed by atoms with Gasteiger partial charge in [0.2, 0.25) is 0 Å². The lowest BCUT2D eigenvalue weighted by Gasteiger charge is -2.40. The van der Waals surface area contributed by atoms with Crippen LogP contribution in [-0.4, -0.2) is 39.9 Å². The molecule has 1 unspecified atom stereocenters. The maximum absolute atomic E-state index is 5.68. The smallest absolute Gasteiger partial charge is 0.146 e. The number of hydrogen-bond donors (Lipinski definition) is 2. The van der Waals surface area contributed by atoms with Gasteiger partial charge in [-0.25, -0.2) is 4.98 Å². The van der Waals surface area contributed by atoms with Crippen LogP contribution in [-0.2, 0) is 10.2 Å². The second-order valence-corrected chi connectivity index (χ2v) is 7.18. The Morgan fingerprint density at radius 1 is 1.19 bits per heavy atom. The number of nitrogens with zero attached hydrogens (tertiary/aromatic N) is 3. The Labute approximate surface area is 159 Å². The van der Waals surface area contributed by atoms with Crippen LogP contribution < -0.4 is 5.32 Å². The largest absolute Gasteiger partial charge is 0.381 e. The zero-order chi connectivity index (χ0) is 18.5. The summed E-state index contributed by atoms with van der Waals surface area (Å²) in [6.07, 6.45) is 7.22. The molecule has 3 heterocycles. The molecule has 4 rings (SSSR count). The second-order valence-electron chi connectivity index (χ2n) is 7.18. The van der Waals surface area contributed by atoms with E-state index in [9.17, 15) is 0 Å². The summed E-state index contributed by atoms with van der Waals surface area (Å²) in [5.74, 6) is 0.801. The zero-order valence-electron chi connectivity index (χ0n) is 15.6. The first kappa shape index (κ1) is 17.8. The van der Waals surface area contributed by atoms with E-state index in [2.05, 4.69) is 62.7 Å². The van der Waals surface area contributed by atoms with Crippen molar-refractivity contribution in [3.05, 3.63) is 77.6 Å². The molecular weight excluding hydrogens is 338 g/mol.